The Bertz CT molecular complexity index is 1280. The molecule has 0 saturated heterocycles. The van der Waals surface area contributed by atoms with Gasteiger partial charge in [0.15, 0.2) is 21.6 Å². The molecule has 11 nitrogen and oxygen atoms in total. The predicted molar refractivity (Wildman–Crippen MR) is 123 cm³/mol. The summed E-state index contributed by atoms with van der Waals surface area (Å²) in [6, 6.07) is 3.12. The van der Waals surface area contributed by atoms with Crippen LogP contribution in [-0.2, 0) is 20.2 Å². The number of anilines is 1. The first-order valence-electron chi connectivity index (χ1n) is 9.59. The van der Waals surface area contributed by atoms with Crippen LogP contribution in [0.2, 0.25) is 0 Å². The summed E-state index contributed by atoms with van der Waals surface area (Å²) in [5.41, 5.74) is -0.417. The second kappa shape index (κ2) is 8.50. The van der Waals surface area contributed by atoms with Gasteiger partial charge in [-0.15, -0.1) is 20.1 Å². The fourth-order valence-electron chi connectivity index (χ4n) is 2.97. The maximum absolute atomic E-state index is 12.2. The molecule has 2 aromatic rings. The van der Waals surface area contributed by atoms with Gasteiger partial charge in [-0.25, -0.2) is 13.1 Å². The monoisotopic (exact) mass is 503 g/mol. The Morgan fingerprint density at radius 3 is 2.44 bits per heavy atom. The molecule has 0 saturated carbocycles. The largest absolute Gasteiger partial charge is 0.504 e. The molecule has 14 heteroatoms. The van der Waals surface area contributed by atoms with Crippen LogP contribution in [0.4, 0.5) is 5.69 Å². The summed E-state index contributed by atoms with van der Waals surface area (Å²) >= 11 is 0.783. The number of sulfonamides is 1. The average molecular weight is 504 g/mol. The molecule has 1 aliphatic rings. The van der Waals surface area contributed by atoms with Crippen LogP contribution in [0.3, 0.4) is 0 Å². The third-order valence-electron chi connectivity index (χ3n) is 4.39. The minimum atomic E-state index is -4.16. The van der Waals surface area contributed by atoms with Crippen LogP contribution in [0.5, 0.6) is 5.75 Å². The van der Waals surface area contributed by atoms with E-state index in [-0.39, 0.29) is 28.1 Å². The van der Waals surface area contributed by atoms with E-state index in [1.165, 1.54) is 5.38 Å². The number of furan rings is 1. The van der Waals surface area contributed by atoms with Crippen molar-refractivity contribution in [3.63, 3.8) is 0 Å². The van der Waals surface area contributed by atoms with Gasteiger partial charge in [-0.1, -0.05) is 27.7 Å². The molecule has 1 aliphatic heterocycles. The zero-order valence-corrected chi connectivity index (χ0v) is 20.6. The van der Waals surface area contributed by atoms with Crippen molar-refractivity contribution in [3.8, 4) is 5.75 Å². The van der Waals surface area contributed by atoms with E-state index in [0.29, 0.717) is 11.5 Å². The van der Waals surface area contributed by atoms with Gasteiger partial charge in [-0.05, 0) is 24.5 Å². The summed E-state index contributed by atoms with van der Waals surface area (Å²) in [5, 5.41) is 17.5. The van der Waals surface area contributed by atoms with Crippen molar-refractivity contribution in [2.75, 3.05) is 11.9 Å². The van der Waals surface area contributed by atoms with E-state index in [0.717, 1.165) is 11.3 Å². The van der Waals surface area contributed by atoms with Crippen molar-refractivity contribution < 1.29 is 26.4 Å². The molecule has 4 N–H and O–H groups in total. The first-order valence-corrected chi connectivity index (χ1v) is 13.3. The second-order valence-electron chi connectivity index (χ2n) is 8.13. The second-order valence-corrected chi connectivity index (χ2v) is 12.2. The number of hydrogen-bond acceptors (Lipinski definition) is 9. The molecule has 0 bridgehead atoms. The van der Waals surface area contributed by atoms with Crippen molar-refractivity contribution in [3.05, 3.63) is 29.0 Å². The van der Waals surface area contributed by atoms with Crippen LogP contribution in [0.25, 0.3) is 0 Å². The van der Waals surface area contributed by atoms with Gasteiger partial charge in [0, 0.05) is 11.9 Å². The van der Waals surface area contributed by atoms with Gasteiger partial charge in [0.25, 0.3) is 10.0 Å². The number of aryl methyl sites for hydroxylation is 1. The Hall–Kier alpha value is -2.42. The molecule has 0 amide bonds. The molecule has 0 fully saturated rings. The van der Waals surface area contributed by atoms with Crippen LogP contribution in [0.1, 0.15) is 45.3 Å². The Morgan fingerprint density at radius 2 is 1.88 bits per heavy atom. The number of nitrogens with one attached hydrogen (secondary N) is 3. The van der Waals surface area contributed by atoms with Gasteiger partial charge in [0.2, 0.25) is 0 Å². The minimum absolute atomic E-state index is 0.0158. The van der Waals surface area contributed by atoms with Crippen LogP contribution < -0.4 is 15.4 Å². The van der Waals surface area contributed by atoms with Crippen LogP contribution in [-0.4, -0.2) is 40.2 Å². The van der Waals surface area contributed by atoms with Gasteiger partial charge in [-0.3, -0.25) is 0 Å². The lowest BCUT2D eigenvalue weighted by Gasteiger charge is -2.30. The Kier molecular flexibility index (Phi) is 6.43. The van der Waals surface area contributed by atoms with Crippen molar-refractivity contribution >= 4 is 48.9 Å². The Balaban J connectivity index is 1.93. The lowest BCUT2D eigenvalue weighted by Crippen LogP contribution is -2.41. The predicted octanol–water partition coefficient (Wildman–Crippen LogP) is 2.50. The SMILES string of the molecule is CCNS(=O)(=O)c1scc(NC2=NS(=O)(=O)N=C2N[C@@H](c2ccc(C)o2)C(C)(C)C)c1O. The normalized spacial score (nSPS) is 17.0. The number of aromatic hydroxyl groups is 1. The topological polar surface area (TPSA) is 162 Å². The fraction of sp³-hybridized carbons (Fsp3) is 0.444. The third-order valence-corrected chi connectivity index (χ3v) is 8.28. The van der Waals surface area contributed by atoms with Gasteiger partial charge in [0.05, 0.1) is 11.7 Å². The van der Waals surface area contributed by atoms with E-state index in [9.17, 15) is 21.9 Å². The molecule has 0 spiro atoms. The molecule has 0 unspecified atom stereocenters. The quantitative estimate of drug-likeness (QED) is 0.467. The van der Waals surface area contributed by atoms with Crippen LogP contribution >= 0.6 is 11.3 Å². The van der Waals surface area contributed by atoms with Gasteiger partial charge >= 0.3 is 10.2 Å². The molecule has 3 heterocycles. The highest BCUT2D eigenvalue weighted by molar-refractivity contribution is 7.91. The van der Waals surface area contributed by atoms with E-state index >= 15 is 0 Å². The van der Waals surface area contributed by atoms with E-state index < -0.39 is 37.4 Å². The molecule has 2 aromatic heterocycles. The summed E-state index contributed by atoms with van der Waals surface area (Å²) in [5.74, 6) is 0.473. The number of nitrogens with zero attached hydrogens (tertiary/aromatic N) is 2. The molecule has 32 heavy (non-hydrogen) atoms. The first-order chi connectivity index (χ1) is 14.7. The summed E-state index contributed by atoms with van der Waals surface area (Å²) in [7, 11) is -8.06. The highest BCUT2D eigenvalue weighted by Crippen LogP contribution is 2.38. The standard InChI is InChI=1S/C18H25N5O6S3/c1-6-19-31(25,26)17-13(24)11(9-30-17)20-15-16(23-32(27,28)22-15)21-14(18(3,4)5)12-8-7-10(2)29-12/h7-9,14,19,24H,6H2,1-5H3,(H,20,22)(H,21,23)/t14-/m0/s1. The molecule has 0 aromatic carbocycles. The smallest absolute Gasteiger partial charge is 0.367 e. The molecular formula is C18H25N5O6S3. The van der Waals surface area contributed by atoms with Gasteiger partial charge in [-0.2, -0.15) is 8.42 Å². The molecule has 0 aliphatic carbocycles. The molecule has 3 rings (SSSR count). The lowest BCUT2D eigenvalue weighted by atomic mass is 9.85. The number of thiophene rings is 1. The molecular weight excluding hydrogens is 478 g/mol. The summed E-state index contributed by atoms with van der Waals surface area (Å²) in [6.07, 6.45) is 0. The lowest BCUT2D eigenvalue weighted by molar-refractivity contribution is 0.261. The molecule has 1 atom stereocenters. The number of amidine groups is 2. The number of hydrogen-bond donors (Lipinski definition) is 4. The maximum Gasteiger partial charge on any atom is 0.367 e. The minimum Gasteiger partial charge on any atom is -0.504 e. The van der Waals surface area contributed by atoms with Crippen molar-refractivity contribution in [1.82, 2.24) is 10.0 Å². The van der Waals surface area contributed by atoms with E-state index in [4.69, 9.17) is 4.42 Å². The molecule has 0 radical (unpaired) electrons. The fourth-order valence-corrected chi connectivity index (χ4v) is 6.06. The van der Waals surface area contributed by atoms with Crippen molar-refractivity contribution in [1.29, 1.82) is 0 Å². The van der Waals surface area contributed by atoms with Gasteiger partial charge in [0.1, 0.15) is 11.5 Å². The highest BCUT2D eigenvalue weighted by atomic mass is 32.2. The Labute approximate surface area is 190 Å². The summed E-state index contributed by atoms with van der Waals surface area (Å²) < 4.78 is 63.6. The first kappa shape index (κ1) is 24.2. The van der Waals surface area contributed by atoms with E-state index in [1.807, 2.05) is 20.8 Å². The number of rotatable bonds is 6. The Morgan fingerprint density at radius 1 is 1.22 bits per heavy atom. The summed E-state index contributed by atoms with van der Waals surface area (Å²) in [6.45, 7) is 9.39. The molecule has 176 valence electrons. The van der Waals surface area contributed by atoms with Crippen LogP contribution in [0, 0.1) is 12.3 Å². The van der Waals surface area contributed by atoms with Crippen LogP contribution in [0.15, 0.2) is 34.9 Å². The zero-order valence-electron chi connectivity index (χ0n) is 18.1. The zero-order chi connectivity index (χ0) is 23.9. The van der Waals surface area contributed by atoms with Crippen molar-refractivity contribution in [2.45, 2.75) is 44.9 Å². The average Bonchev–Trinajstić information content (AvgIpc) is 3.30. The van der Waals surface area contributed by atoms with E-state index in [2.05, 4.69) is 24.2 Å². The third kappa shape index (κ3) is 5.14. The summed E-state index contributed by atoms with van der Waals surface area (Å²) in [4.78, 5) is 0. The van der Waals surface area contributed by atoms with Gasteiger partial charge < -0.3 is 20.2 Å². The van der Waals surface area contributed by atoms with E-state index in [1.54, 1.807) is 26.0 Å². The maximum atomic E-state index is 12.2. The highest BCUT2D eigenvalue weighted by Gasteiger charge is 2.35. The van der Waals surface area contributed by atoms with Crippen molar-refractivity contribution in [2.24, 2.45) is 14.2 Å².